The number of aromatic nitrogens is 4. The van der Waals surface area contributed by atoms with Gasteiger partial charge in [0.1, 0.15) is 18.0 Å². The van der Waals surface area contributed by atoms with Gasteiger partial charge in [-0.2, -0.15) is 0 Å². The summed E-state index contributed by atoms with van der Waals surface area (Å²) >= 11 is 0. The Morgan fingerprint density at radius 3 is 2.65 bits per heavy atom. The van der Waals surface area contributed by atoms with Gasteiger partial charge >= 0.3 is 0 Å². The molecular weight excluding hydrogens is 426 g/mol. The first-order valence-corrected chi connectivity index (χ1v) is 11.5. The summed E-state index contributed by atoms with van der Waals surface area (Å²) < 4.78 is 1.89. The normalized spacial score (nSPS) is 13.6. The molecule has 1 aliphatic carbocycles. The molecule has 5 rings (SSSR count). The predicted molar refractivity (Wildman–Crippen MR) is 134 cm³/mol. The largest absolute Gasteiger partial charge is 0.367 e. The molecule has 4 aromatic rings. The van der Waals surface area contributed by atoms with E-state index in [-0.39, 0.29) is 5.91 Å². The fourth-order valence-corrected chi connectivity index (χ4v) is 4.17. The zero-order valence-corrected chi connectivity index (χ0v) is 19.0. The Hall–Kier alpha value is -4.20. The Labute approximate surface area is 198 Å². The fourth-order valence-electron chi connectivity index (χ4n) is 4.17. The Bertz CT molecular complexity index is 1280. The van der Waals surface area contributed by atoms with E-state index >= 15 is 0 Å². The minimum atomic E-state index is -0.153. The van der Waals surface area contributed by atoms with E-state index in [9.17, 15) is 4.79 Å². The zero-order chi connectivity index (χ0) is 23.3. The number of carbonyl (C=O) groups excluding carboxylic acids is 1. The average molecular weight is 454 g/mol. The lowest BCUT2D eigenvalue weighted by molar-refractivity contribution is 0.102. The molecule has 0 bridgehead atoms. The Morgan fingerprint density at radius 2 is 1.82 bits per heavy atom. The second kappa shape index (κ2) is 9.74. The highest BCUT2D eigenvalue weighted by Crippen LogP contribution is 2.26. The highest BCUT2D eigenvalue weighted by molar-refractivity contribution is 6.04. The summed E-state index contributed by atoms with van der Waals surface area (Å²) in [7, 11) is 0. The first kappa shape index (κ1) is 21.6. The maximum atomic E-state index is 12.6. The first-order chi connectivity index (χ1) is 16.7. The van der Waals surface area contributed by atoms with Crippen molar-refractivity contribution in [1.82, 2.24) is 19.5 Å². The van der Waals surface area contributed by atoms with Crippen LogP contribution in [-0.2, 0) is 0 Å². The number of carbonyl (C=O) groups is 1. The summed E-state index contributed by atoms with van der Waals surface area (Å²) in [6.45, 7) is 2.01. The van der Waals surface area contributed by atoms with Crippen LogP contribution in [0.15, 0.2) is 73.3 Å². The second-order valence-corrected chi connectivity index (χ2v) is 8.48. The molecule has 0 atom stereocenters. The third-order valence-electron chi connectivity index (χ3n) is 6.03. The van der Waals surface area contributed by atoms with Crippen LogP contribution >= 0.6 is 0 Å². The van der Waals surface area contributed by atoms with E-state index in [1.807, 2.05) is 60.2 Å². The zero-order valence-electron chi connectivity index (χ0n) is 19.0. The van der Waals surface area contributed by atoms with E-state index in [0.717, 1.165) is 22.9 Å². The highest BCUT2D eigenvalue weighted by Gasteiger charge is 2.16. The number of hydrogen-bond acceptors (Lipinski definition) is 6. The number of imidazole rings is 1. The van der Waals surface area contributed by atoms with Crippen molar-refractivity contribution in [2.75, 3.05) is 16.0 Å². The Kier molecular flexibility index (Phi) is 6.20. The number of nitrogens with one attached hydrogen (secondary N) is 3. The molecule has 0 aliphatic heterocycles. The van der Waals surface area contributed by atoms with E-state index in [1.54, 1.807) is 24.7 Å². The summed E-state index contributed by atoms with van der Waals surface area (Å²) in [5.74, 6) is 2.01. The topological polar surface area (TPSA) is 96.8 Å². The van der Waals surface area contributed by atoms with Crippen molar-refractivity contribution in [3.05, 3.63) is 84.4 Å². The van der Waals surface area contributed by atoms with Crippen LogP contribution < -0.4 is 16.0 Å². The molecule has 1 amide bonds. The summed E-state index contributed by atoms with van der Waals surface area (Å²) in [4.78, 5) is 25.9. The van der Waals surface area contributed by atoms with Crippen molar-refractivity contribution < 1.29 is 4.79 Å². The first-order valence-electron chi connectivity index (χ1n) is 11.5. The number of amides is 1. The molecule has 1 aliphatic rings. The molecule has 3 N–H and O–H groups in total. The van der Waals surface area contributed by atoms with Gasteiger partial charge in [-0.1, -0.05) is 37.1 Å². The maximum Gasteiger partial charge on any atom is 0.255 e. The third kappa shape index (κ3) is 4.91. The molecule has 172 valence electrons. The predicted octanol–water partition coefficient (Wildman–Crippen LogP) is 5.32. The van der Waals surface area contributed by atoms with E-state index in [0.29, 0.717) is 23.2 Å². The van der Waals surface area contributed by atoms with E-state index < -0.39 is 0 Å². The number of hydrogen-bond donors (Lipinski definition) is 3. The highest BCUT2D eigenvalue weighted by atomic mass is 16.1. The molecule has 2 aromatic heterocycles. The van der Waals surface area contributed by atoms with E-state index in [1.165, 1.54) is 25.7 Å². The van der Waals surface area contributed by atoms with E-state index in [2.05, 4.69) is 30.9 Å². The van der Waals surface area contributed by atoms with Crippen molar-refractivity contribution in [3.63, 3.8) is 0 Å². The lowest BCUT2D eigenvalue weighted by Gasteiger charge is -2.15. The molecule has 0 radical (unpaired) electrons. The molecule has 2 heterocycles. The molecule has 1 saturated carbocycles. The molecule has 34 heavy (non-hydrogen) atoms. The molecule has 8 nitrogen and oxygen atoms in total. The Balaban J connectivity index is 1.35. The van der Waals surface area contributed by atoms with Gasteiger partial charge in [-0.15, -0.1) is 0 Å². The maximum absolute atomic E-state index is 12.6. The standard InChI is InChI=1S/C26H27N7O/c1-18-11-12-21(31-25(34)19-7-3-2-4-8-19)15-22(18)32-26-27-13-14-33(26)24-16-23(28-17-29-24)30-20-9-5-6-10-20/h2-4,7-8,11-17,20H,5-6,9-10H2,1H3,(H,27,32)(H,31,34)(H,28,29,30). The van der Waals surface area contributed by atoms with Crippen LogP contribution in [0.1, 0.15) is 41.6 Å². The van der Waals surface area contributed by atoms with Crippen LogP contribution in [0.4, 0.5) is 23.1 Å². The minimum absolute atomic E-state index is 0.153. The van der Waals surface area contributed by atoms with Crippen LogP contribution in [0, 0.1) is 6.92 Å². The summed E-state index contributed by atoms with van der Waals surface area (Å²) in [5, 5.41) is 9.86. The quantitative estimate of drug-likeness (QED) is 0.350. The summed E-state index contributed by atoms with van der Waals surface area (Å²) in [6.07, 6.45) is 10.0. The number of anilines is 4. The van der Waals surface area contributed by atoms with E-state index in [4.69, 9.17) is 0 Å². The lowest BCUT2D eigenvalue weighted by atomic mass is 10.1. The molecule has 2 aromatic carbocycles. The van der Waals surface area contributed by atoms with Crippen LogP contribution in [0.5, 0.6) is 0 Å². The molecule has 0 spiro atoms. The van der Waals surface area contributed by atoms with Crippen molar-refractivity contribution in [3.8, 4) is 5.82 Å². The van der Waals surface area contributed by atoms with Crippen molar-refractivity contribution >= 4 is 29.0 Å². The lowest BCUT2D eigenvalue weighted by Crippen LogP contribution is -2.16. The van der Waals surface area contributed by atoms with Crippen LogP contribution in [0.25, 0.3) is 5.82 Å². The Morgan fingerprint density at radius 1 is 1.00 bits per heavy atom. The van der Waals surface area contributed by atoms with Gasteiger partial charge in [-0.25, -0.2) is 15.0 Å². The van der Waals surface area contributed by atoms with Crippen molar-refractivity contribution in [2.45, 2.75) is 38.6 Å². The number of benzene rings is 2. The van der Waals surface area contributed by atoms with Gasteiger partial charge in [-0.3, -0.25) is 9.36 Å². The molecular formula is C26H27N7O. The van der Waals surface area contributed by atoms with Gasteiger partial charge < -0.3 is 16.0 Å². The van der Waals surface area contributed by atoms with Gasteiger partial charge in [0.15, 0.2) is 0 Å². The van der Waals surface area contributed by atoms with Gasteiger partial charge in [0.2, 0.25) is 5.95 Å². The number of rotatable bonds is 7. The molecule has 0 unspecified atom stereocenters. The number of aryl methyl sites for hydroxylation is 1. The summed E-state index contributed by atoms with van der Waals surface area (Å²) in [6, 6.07) is 17.3. The summed E-state index contributed by atoms with van der Waals surface area (Å²) in [5.41, 5.74) is 3.18. The van der Waals surface area contributed by atoms with Gasteiger partial charge in [0, 0.05) is 41.4 Å². The van der Waals surface area contributed by atoms with Gasteiger partial charge in [0.25, 0.3) is 5.91 Å². The second-order valence-electron chi connectivity index (χ2n) is 8.48. The smallest absolute Gasteiger partial charge is 0.255 e. The van der Waals surface area contributed by atoms with Gasteiger partial charge in [0.05, 0.1) is 0 Å². The van der Waals surface area contributed by atoms with Crippen molar-refractivity contribution in [2.24, 2.45) is 0 Å². The fraction of sp³-hybridized carbons (Fsp3) is 0.231. The van der Waals surface area contributed by atoms with Crippen LogP contribution in [0.3, 0.4) is 0 Å². The minimum Gasteiger partial charge on any atom is -0.367 e. The third-order valence-corrected chi connectivity index (χ3v) is 6.03. The molecule has 0 saturated heterocycles. The molecule has 1 fully saturated rings. The molecule has 8 heteroatoms. The van der Waals surface area contributed by atoms with Crippen molar-refractivity contribution in [1.29, 1.82) is 0 Å². The van der Waals surface area contributed by atoms with Gasteiger partial charge in [-0.05, 0) is 49.6 Å². The number of nitrogens with zero attached hydrogens (tertiary/aromatic N) is 4. The van der Waals surface area contributed by atoms with Crippen LogP contribution in [0.2, 0.25) is 0 Å². The van der Waals surface area contributed by atoms with Crippen LogP contribution in [-0.4, -0.2) is 31.5 Å². The SMILES string of the molecule is Cc1ccc(NC(=O)c2ccccc2)cc1Nc1nccn1-c1cc(NC2CCCC2)ncn1. The average Bonchev–Trinajstić information content (AvgIpc) is 3.54. The monoisotopic (exact) mass is 453 g/mol.